The predicted octanol–water partition coefficient (Wildman–Crippen LogP) is 0.683. The van der Waals surface area contributed by atoms with Gasteiger partial charge < -0.3 is 19.8 Å². The van der Waals surface area contributed by atoms with Crippen LogP contribution in [0.2, 0.25) is 0 Å². The Morgan fingerprint density at radius 3 is 2.81 bits per heavy atom. The molecule has 16 heavy (non-hydrogen) atoms. The van der Waals surface area contributed by atoms with Gasteiger partial charge in [0.05, 0.1) is 12.2 Å². The highest BCUT2D eigenvalue weighted by Crippen LogP contribution is 2.30. The summed E-state index contributed by atoms with van der Waals surface area (Å²) in [6.07, 6.45) is 0.281. The largest absolute Gasteiger partial charge is 0.508 e. The number of aromatic hydroxyl groups is 2. The van der Waals surface area contributed by atoms with Crippen LogP contribution in [0, 0.1) is 0 Å². The van der Waals surface area contributed by atoms with Crippen LogP contribution in [-0.2, 0) is 6.42 Å². The topological polar surface area (TPSA) is 99.6 Å². The Balaban J connectivity index is 2.38. The van der Waals surface area contributed by atoms with E-state index >= 15 is 0 Å². The number of benzene rings is 1. The highest BCUT2D eigenvalue weighted by atomic mass is 16.5. The van der Waals surface area contributed by atoms with Gasteiger partial charge in [0.15, 0.2) is 5.82 Å². The number of hydrogen-bond donors (Lipinski definition) is 3. The molecule has 6 heteroatoms. The van der Waals surface area contributed by atoms with Gasteiger partial charge in [-0.05, 0) is 18.2 Å². The fourth-order valence-electron chi connectivity index (χ4n) is 1.26. The van der Waals surface area contributed by atoms with Crippen LogP contribution in [0.5, 0.6) is 11.5 Å². The zero-order valence-corrected chi connectivity index (χ0v) is 8.29. The maximum Gasteiger partial charge on any atom is 0.261 e. The summed E-state index contributed by atoms with van der Waals surface area (Å²) in [6.45, 7) is -0.0784. The summed E-state index contributed by atoms with van der Waals surface area (Å²) in [7, 11) is 0. The molecule has 0 bridgehead atoms. The van der Waals surface area contributed by atoms with E-state index in [-0.39, 0.29) is 36.0 Å². The first-order valence-corrected chi connectivity index (χ1v) is 4.66. The van der Waals surface area contributed by atoms with Crippen molar-refractivity contribution in [2.75, 3.05) is 6.61 Å². The van der Waals surface area contributed by atoms with Crippen LogP contribution in [0.1, 0.15) is 5.82 Å². The number of aliphatic hydroxyl groups is 1. The monoisotopic (exact) mass is 222 g/mol. The maximum absolute atomic E-state index is 9.54. The van der Waals surface area contributed by atoms with Crippen LogP contribution in [0.3, 0.4) is 0 Å². The van der Waals surface area contributed by atoms with E-state index in [0.29, 0.717) is 5.82 Å². The molecule has 6 nitrogen and oxygen atoms in total. The Morgan fingerprint density at radius 1 is 1.25 bits per heavy atom. The van der Waals surface area contributed by atoms with E-state index in [9.17, 15) is 10.2 Å². The first kappa shape index (κ1) is 10.4. The zero-order chi connectivity index (χ0) is 11.5. The Morgan fingerprint density at radius 2 is 2.06 bits per heavy atom. The number of aromatic nitrogens is 2. The molecule has 0 aliphatic carbocycles. The van der Waals surface area contributed by atoms with Gasteiger partial charge in [-0.3, -0.25) is 0 Å². The number of nitrogens with zero attached hydrogens (tertiary/aromatic N) is 2. The average Bonchev–Trinajstić information content (AvgIpc) is 2.71. The van der Waals surface area contributed by atoms with E-state index < -0.39 is 0 Å². The summed E-state index contributed by atoms with van der Waals surface area (Å²) in [5.74, 6) is 0.392. The Bertz CT molecular complexity index is 495. The van der Waals surface area contributed by atoms with Crippen molar-refractivity contribution in [3.63, 3.8) is 0 Å². The average molecular weight is 222 g/mol. The summed E-state index contributed by atoms with van der Waals surface area (Å²) in [5, 5.41) is 31.1. The SMILES string of the molecule is OCCc1noc(-c2cc(O)ccc2O)n1. The third-order valence-corrected chi connectivity index (χ3v) is 2.01. The molecule has 0 fully saturated rings. The minimum atomic E-state index is -0.0784. The predicted molar refractivity (Wildman–Crippen MR) is 53.9 cm³/mol. The standard InChI is InChI=1S/C10H10N2O4/c13-4-3-9-11-10(16-12-9)7-5-6(14)1-2-8(7)15/h1-2,5,13-15H,3-4H2. The lowest BCUT2D eigenvalue weighted by Gasteiger charge is -1.99. The van der Waals surface area contributed by atoms with Gasteiger partial charge in [0, 0.05) is 6.42 Å². The Hall–Kier alpha value is -2.08. The normalized spacial score (nSPS) is 10.6. The molecule has 0 saturated carbocycles. The number of aliphatic hydroxyl groups excluding tert-OH is 1. The van der Waals surface area contributed by atoms with Crippen LogP contribution >= 0.6 is 0 Å². The molecule has 1 aromatic carbocycles. The second kappa shape index (κ2) is 4.19. The van der Waals surface area contributed by atoms with Crippen molar-refractivity contribution in [2.45, 2.75) is 6.42 Å². The van der Waals surface area contributed by atoms with Gasteiger partial charge >= 0.3 is 0 Å². The fourth-order valence-corrected chi connectivity index (χ4v) is 1.26. The molecule has 1 aromatic heterocycles. The molecule has 0 atom stereocenters. The van der Waals surface area contributed by atoms with E-state index in [2.05, 4.69) is 10.1 Å². The van der Waals surface area contributed by atoms with E-state index in [1.54, 1.807) is 0 Å². The minimum absolute atomic E-state index is 0.00490. The molecule has 0 aliphatic heterocycles. The van der Waals surface area contributed by atoms with Crippen molar-refractivity contribution in [1.82, 2.24) is 10.1 Å². The Labute approximate surface area is 90.8 Å². The van der Waals surface area contributed by atoms with E-state index in [0.717, 1.165) is 0 Å². The van der Waals surface area contributed by atoms with Crippen LogP contribution in [0.15, 0.2) is 22.7 Å². The van der Waals surface area contributed by atoms with Gasteiger partial charge in [0.2, 0.25) is 0 Å². The molecule has 0 unspecified atom stereocenters. The lowest BCUT2D eigenvalue weighted by Crippen LogP contribution is -1.92. The second-order valence-electron chi connectivity index (χ2n) is 3.19. The van der Waals surface area contributed by atoms with Crippen molar-refractivity contribution in [3.05, 3.63) is 24.0 Å². The molecule has 0 aliphatic rings. The number of phenols is 2. The second-order valence-corrected chi connectivity index (χ2v) is 3.19. The summed E-state index contributed by atoms with van der Waals surface area (Å²) in [4.78, 5) is 3.96. The van der Waals surface area contributed by atoms with Crippen LogP contribution in [0.4, 0.5) is 0 Å². The summed E-state index contributed by atoms with van der Waals surface area (Å²) < 4.78 is 4.90. The molecular weight excluding hydrogens is 212 g/mol. The number of phenolic OH excluding ortho intramolecular Hbond substituents is 2. The minimum Gasteiger partial charge on any atom is -0.508 e. The molecule has 0 radical (unpaired) electrons. The summed E-state index contributed by atoms with van der Waals surface area (Å²) in [6, 6.07) is 4.01. The number of hydrogen-bond acceptors (Lipinski definition) is 6. The third kappa shape index (κ3) is 1.96. The van der Waals surface area contributed by atoms with Crippen LogP contribution in [0.25, 0.3) is 11.5 Å². The van der Waals surface area contributed by atoms with E-state index in [1.165, 1.54) is 18.2 Å². The quantitative estimate of drug-likeness (QED) is 0.660. The van der Waals surface area contributed by atoms with Gasteiger partial charge in [-0.25, -0.2) is 0 Å². The summed E-state index contributed by atoms with van der Waals surface area (Å²) in [5.41, 5.74) is 0.261. The van der Waals surface area contributed by atoms with Gasteiger partial charge in [-0.1, -0.05) is 5.16 Å². The molecule has 0 spiro atoms. The zero-order valence-electron chi connectivity index (χ0n) is 8.29. The third-order valence-electron chi connectivity index (χ3n) is 2.01. The van der Waals surface area contributed by atoms with Crippen LogP contribution in [-0.4, -0.2) is 32.1 Å². The lowest BCUT2D eigenvalue weighted by atomic mass is 10.2. The van der Waals surface area contributed by atoms with E-state index in [1.807, 2.05) is 0 Å². The maximum atomic E-state index is 9.54. The van der Waals surface area contributed by atoms with Gasteiger partial charge in [-0.2, -0.15) is 4.98 Å². The van der Waals surface area contributed by atoms with E-state index in [4.69, 9.17) is 9.63 Å². The number of rotatable bonds is 3. The van der Waals surface area contributed by atoms with Gasteiger partial charge in [0.25, 0.3) is 5.89 Å². The molecule has 2 aromatic rings. The van der Waals surface area contributed by atoms with Gasteiger partial charge in [0.1, 0.15) is 11.5 Å². The molecule has 0 amide bonds. The molecule has 1 heterocycles. The molecule has 3 N–H and O–H groups in total. The highest BCUT2D eigenvalue weighted by Gasteiger charge is 2.13. The highest BCUT2D eigenvalue weighted by molar-refractivity contribution is 5.64. The smallest absolute Gasteiger partial charge is 0.261 e. The lowest BCUT2D eigenvalue weighted by molar-refractivity contribution is 0.293. The fraction of sp³-hybridized carbons (Fsp3) is 0.200. The molecule has 84 valence electrons. The first-order chi connectivity index (χ1) is 7.70. The Kier molecular flexibility index (Phi) is 2.74. The van der Waals surface area contributed by atoms with Gasteiger partial charge in [-0.15, -0.1) is 0 Å². The summed E-state index contributed by atoms with van der Waals surface area (Å²) >= 11 is 0. The van der Waals surface area contributed by atoms with Crippen molar-refractivity contribution >= 4 is 0 Å². The van der Waals surface area contributed by atoms with Crippen LogP contribution < -0.4 is 0 Å². The molecule has 2 rings (SSSR count). The first-order valence-electron chi connectivity index (χ1n) is 4.66. The van der Waals surface area contributed by atoms with Crippen molar-refractivity contribution in [1.29, 1.82) is 0 Å². The molecular formula is C10H10N2O4. The molecule has 0 saturated heterocycles. The van der Waals surface area contributed by atoms with Crippen molar-refractivity contribution in [3.8, 4) is 23.0 Å². The van der Waals surface area contributed by atoms with Crippen molar-refractivity contribution < 1.29 is 19.8 Å². The van der Waals surface area contributed by atoms with Crippen molar-refractivity contribution in [2.24, 2.45) is 0 Å².